The number of rotatable bonds is 4. The third-order valence-electron chi connectivity index (χ3n) is 2.79. The molecule has 0 aliphatic heterocycles. The van der Waals surface area contributed by atoms with Crippen molar-refractivity contribution in [3.63, 3.8) is 0 Å². The van der Waals surface area contributed by atoms with E-state index in [0.29, 0.717) is 18.1 Å². The highest BCUT2D eigenvalue weighted by Gasteiger charge is 2.10. The number of nitrogen functional groups attached to an aromatic ring is 1. The van der Waals surface area contributed by atoms with Gasteiger partial charge in [-0.15, -0.1) is 11.3 Å². The monoisotopic (exact) mass is 272 g/mol. The molecule has 0 saturated carbocycles. The fourth-order valence-corrected chi connectivity index (χ4v) is 2.32. The Hall–Kier alpha value is -2.21. The molecule has 0 aliphatic carbocycles. The Kier molecular flexibility index (Phi) is 3.24. The molecule has 1 aromatic carbocycles. The SMILES string of the molecule is Nc1ccccc1CCc1nc(-c2cscn2)no1. The second-order valence-electron chi connectivity index (χ2n) is 4.08. The van der Waals surface area contributed by atoms with E-state index >= 15 is 0 Å². The van der Waals surface area contributed by atoms with E-state index in [0.717, 1.165) is 23.4 Å². The van der Waals surface area contributed by atoms with E-state index in [2.05, 4.69) is 15.1 Å². The molecule has 96 valence electrons. The summed E-state index contributed by atoms with van der Waals surface area (Å²) in [6.45, 7) is 0. The van der Waals surface area contributed by atoms with E-state index in [1.165, 1.54) is 11.3 Å². The number of nitrogens with two attached hydrogens (primary N) is 1. The van der Waals surface area contributed by atoms with Crippen LogP contribution in [0.15, 0.2) is 39.7 Å². The maximum Gasteiger partial charge on any atom is 0.227 e. The average Bonchev–Trinajstić information content (AvgIpc) is 3.09. The zero-order valence-electron chi connectivity index (χ0n) is 10.1. The molecule has 6 heteroatoms. The minimum atomic E-state index is 0.539. The summed E-state index contributed by atoms with van der Waals surface area (Å²) in [5.41, 5.74) is 10.3. The van der Waals surface area contributed by atoms with Crippen LogP contribution in [-0.2, 0) is 12.8 Å². The summed E-state index contributed by atoms with van der Waals surface area (Å²) in [7, 11) is 0. The molecule has 5 nitrogen and oxygen atoms in total. The van der Waals surface area contributed by atoms with E-state index in [-0.39, 0.29) is 0 Å². The highest BCUT2D eigenvalue weighted by molar-refractivity contribution is 7.07. The number of benzene rings is 1. The largest absolute Gasteiger partial charge is 0.399 e. The normalized spacial score (nSPS) is 10.7. The van der Waals surface area contributed by atoms with E-state index in [9.17, 15) is 0 Å². The third kappa shape index (κ3) is 2.63. The first-order valence-corrected chi connectivity index (χ1v) is 6.82. The summed E-state index contributed by atoms with van der Waals surface area (Å²) in [5, 5.41) is 5.81. The minimum Gasteiger partial charge on any atom is -0.399 e. The van der Waals surface area contributed by atoms with Crippen molar-refractivity contribution in [3.8, 4) is 11.5 Å². The van der Waals surface area contributed by atoms with Crippen LogP contribution < -0.4 is 5.73 Å². The predicted octanol–water partition coefficient (Wildman–Crippen LogP) is 2.56. The summed E-state index contributed by atoms with van der Waals surface area (Å²) in [5.74, 6) is 1.14. The zero-order chi connectivity index (χ0) is 13.1. The van der Waals surface area contributed by atoms with Gasteiger partial charge in [0.1, 0.15) is 5.69 Å². The van der Waals surface area contributed by atoms with Crippen LogP contribution in [0.5, 0.6) is 0 Å². The lowest BCUT2D eigenvalue weighted by Crippen LogP contribution is -1.97. The summed E-state index contributed by atoms with van der Waals surface area (Å²) in [4.78, 5) is 8.47. The van der Waals surface area contributed by atoms with Crippen molar-refractivity contribution in [2.45, 2.75) is 12.8 Å². The molecule has 0 aliphatic rings. The zero-order valence-corrected chi connectivity index (χ0v) is 10.9. The van der Waals surface area contributed by atoms with Crippen molar-refractivity contribution in [1.29, 1.82) is 0 Å². The maximum atomic E-state index is 5.89. The van der Waals surface area contributed by atoms with Gasteiger partial charge in [0.15, 0.2) is 0 Å². The van der Waals surface area contributed by atoms with Crippen LogP contribution >= 0.6 is 11.3 Å². The van der Waals surface area contributed by atoms with Gasteiger partial charge in [-0.05, 0) is 18.1 Å². The van der Waals surface area contributed by atoms with Gasteiger partial charge in [-0.1, -0.05) is 23.4 Å². The van der Waals surface area contributed by atoms with Gasteiger partial charge in [0, 0.05) is 17.5 Å². The smallest absolute Gasteiger partial charge is 0.227 e. The molecule has 3 aromatic rings. The number of hydrogen-bond acceptors (Lipinski definition) is 6. The molecule has 3 rings (SSSR count). The lowest BCUT2D eigenvalue weighted by molar-refractivity contribution is 0.379. The predicted molar refractivity (Wildman–Crippen MR) is 73.7 cm³/mol. The van der Waals surface area contributed by atoms with Gasteiger partial charge in [0.2, 0.25) is 11.7 Å². The van der Waals surface area contributed by atoms with E-state index in [1.54, 1.807) is 5.51 Å². The van der Waals surface area contributed by atoms with Crippen LogP contribution in [0, 0.1) is 0 Å². The lowest BCUT2D eigenvalue weighted by Gasteiger charge is -2.02. The topological polar surface area (TPSA) is 77.8 Å². The standard InChI is InChI=1S/C13H12N4OS/c14-10-4-2-1-3-9(10)5-6-12-16-13(17-18-12)11-7-19-8-15-11/h1-4,7-8H,5-6,14H2. The van der Waals surface area contributed by atoms with Crippen molar-refractivity contribution >= 4 is 17.0 Å². The third-order valence-corrected chi connectivity index (χ3v) is 3.38. The number of aromatic nitrogens is 3. The Labute approximate surface area is 114 Å². The Morgan fingerprint density at radius 3 is 2.89 bits per heavy atom. The molecule has 2 heterocycles. The lowest BCUT2D eigenvalue weighted by atomic mass is 10.1. The highest BCUT2D eigenvalue weighted by atomic mass is 32.1. The minimum absolute atomic E-state index is 0.539. The van der Waals surface area contributed by atoms with Gasteiger partial charge < -0.3 is 10.3 Å². The van der Waals surface area contributed by atoms with E-state index in [4.69, 9.17) is 10.3 Å². The molecule has 0 saturated heterocycles. The fourth-order valence-electron chi connectivity index (χ4n) is 1.79. The second-order valence-corrected chi connectivity index (χ2v) is 4.80. The van der Waals surface area contributed by atoms with Gasteiger partial charge in [-0.2, -0.15) is 4.98 Å². The van der Waals surface area contributed by atoms with Gasteiger partial charge in [-0.3, -0.25) is 0 Å². The quantitative estimate of drug-likeness (QED) is 0.738. The summed E-state index contributed by atoms with van der Waals surface area (Å²) in [6, 6.07) is 7.79. The number of anilines is 1. The Balaban J connectivity index is 1.70. The van der Waals surface area contributed by atoms with Crippen molar-refractivity contribution in [3.05, 3.63) is 46.6 Å². The Morgan fingerprint density at radius 1 is 1.21 bits per heavy atom. The fraction of sp³-hybridized carbons (Fsp3) is 0.154. The average molecular weight is 272 g/mol. The summed E-state index contributed by atoms with van der Waals surface area (Å²) < 4.78 is 5.21. The van der Waals surface area contributed by atoms with E-state index < -0.39 is 0 Å². The molecule has 2 N–H and O–H groups in total. The summed E-state index contributed by atoms with van der Waals surface area (Å²) >= 11 is 1.51. The van der Waals surface area contributed by atoms with E-state index in [1.807, 2.05) is 29.6 Å². The molecular weight excluding hydrogens is 260 g/mol. The van der Waals surface area contributed by atoms with Crippen molar-refractivity contribution in [1.82, 2.24) is 15.1 Å². The molecule has 0 atom stereocenters. The molecule has 0 radical (unpaired) electrons. The summed E-state index contributed by atoms with van der Waals surface area (Å²) in [6.07, 6.45) is 1.46. The maximum absolute atomic E-state index is 5.89. The van der Waals surface area contributed by atoms with Crippen LogP contribution in [0.3, 0.4) is 0 Å². The van der Waals surface area contributed by atoms with Crippen LogP contribution in [0.1, 0.15) is 11.5 Å². The number of aryl methyl sites for hydroxylation is 2. The molecule has 0 bridgehead atoms. The number of hydrogen-bond donors (Lipinski definition) is 1. The van der Waals surface area contributed by atoms with Crippen LogP contribution in [0.4, 0.5) is 5.69 Å². The molecule has 0 unspecified atom stereocenters. The Bertz CT molecular complexity index is 663. The number of nitrogens with zero attached hydrogens (tertiary/aromatic N) is 3. The van der Waals surface area contributed by atoms with Crippen LogP contribution in [0.2, 0.25) is 0 Å². The molecule has 0 spiro atoms. The first-order chi connectivity index (χ1) is 9.33. The molecular formula is C13H12N4OS. The number of para-hydroxylation sites is 1. The van der Waals surface area contributed by atoms with Crippen molar-refractivity contribution in [2.24, 2.45) is 0 Å². The molecule has 2 aromatic heterocycles. The van der Waals surface area contributed by atoms with Crippen LogP contribution in [-0.4, -0.2) is 15.1 Å². The van der Waals surface area contributed by atoms with Gasteiger partial charge in [0.25, 0.3) is 0 Å². The van der Waals surface area contributed by atoms with Gasteiger partial charge in [-0.25, -0.2) is 4.98 Å². The molecule has 0 amide bonds. The first kappa shape index (κ1) is 11.9. The van der Waals surface area contributed by atoms with Crippen molar-refractivity contribution < 1.29 is 4.52 Å². The van der Waals surface area contributed by atoms with Gasteiger partial charge in [0.05, 0.1) is 5.51 Å². The molecule has 0 fully saturated rings. The van der Waals surface area contributed by atoms with Crippen molar-refractivity contribution in [2.75, 3.05) is 5.73 Å². The van der Waals surface area contributed by atoms with Gasteiger partial charge >= 0.3 is 0 Å². The number of thiazole rings is 1. The second kappa shape index (κ2) is 5.19. The van der Waals surface area contributed by atoms with Crippen LogP contribution in [0.25, 0.3) is 11.5 Å². The first-order valence-electron chi connectivity index (χ1n) is 5.87. The highest BCUT2D eigenvalue weighted by Crippen LogP contribution is 2.17. The Morgan fingerprint density at radius 2 is 2.11 bits per heavy atom. The molecule has 19 heavy (non-hydrogen) atoms.